The van der Waals surface area contributed by atoms with E-state index in [1.54, 1.807) is 13.8 Å². The van der Waals surface area contributed by atoms with Crippen LogP contribution in [0.15, 0.2) is 0 Å². The summed E-state index contributed by atoms with van der Waals surface area (Å²) in [6.07, 6.45) is 2.29. The molecular weight excluding hydrogens is 212 g/mol. The Kier molecular flexibility index (Phi) is 3.05. The summed E-state index contributed by atoms with van der Waals surface area (Å²) in [7, 11) is -3.10. The van der Waals surface area contributed by atoms with Gasteiger partial charge in [0.2, 0.25) is 10.0 Å². The highest BCUT2D eigenvalue weighted by molar-refractivity contribution is 7.90. The Morgan fingerprint density at radius 3 is 2.27 bits per heavy atom. The topological polar surface area (TPSA) is 49.4 Å². The van der Waals surface area contributed by atoms with Gasteiger partial charge in [0.05, 0.1) is 5.25 Å². The van der Waals surface area contributed by atoms with Crippen molar-refractivity contribution in [1.29, 1.82) is 0 Å². The second kappa shape index (κ2) is 4.03. The predicted octanol–water partition coefficient (Wildman–Crippen LogP) is 0.408. The van der Waals surface area contributed by atoms with Crippen LogP contribution in [0.1, 0.15) is 26.7 Å². The van der Waals surface area contributed by atoms with Crippen molar-refractivity contribution >= 4 is 10.0 Å². The molecule has 0 aromatic rings. The molecule has 0 spiro atoms. The first-order valence-corrected chi connectivity index (χ1v) is 7.27. The number of sulfonamides is 1. The molecule has 0 saturated carbocycles. The molecule has 0 aliphatic carbocycles. The molecular formula is C10H20N2O2S. The predicted molar refractivity (Wildman–Crippen MR) is 60.1 cm³/mol. The molecule has 0 amide bonds. The van der Waals surface area contributed by atoms with Crippen LogP contribution in [0.25, 0.3) is 0 Å². The van der Waals surface area contributed by atoms with Gasteiger partial charge in [-0.25, -0.2) is 13.1 Å². The molecule has 3 saturated heterocycles. The molecule has 3 heterocycles. The molecule has 3 fully saturated rings. The molecule has 1 unspecified atom stereocenters. The second-order valence-electron chi connectivity index (χ2n) is 4.96. The molecule has 3 aliphatic heterocycles. The summed E-state index contributed by atoms with van der Waals surface area (Å²) < 4.78 is 26.3. The maximum atomic E-state index is 11.7. The lowest BCUT2D eigenvalue weighted by Gasteiger charge is -2.44. The summed E-state index contributed by atoms with van der Waals surface area (Å²) in [6.45, 7) is 6.64. The lowest BCUT2D eigenvalue weighted by molar-refractivity contribution is 0.0826. The number of nitrogens with one attached hydrogen (secondary N) is 1. The fraction of sp³-hybridized carbons (Fsp3) is 1.00. The van der Waals surface area contributed by atoms with Gasteiger partial charge < -0.3 is 4.90 Å². The zero-order valence-electron chi connectivity index (χ0n) is 9.44. The molecule has 3 rings (SSSR count). The van der Waals surface area contributed by atoms with E-state index in [1.807, 2.05) is 0 Å². The van der Waals surface area contributed by atoms with Crippen molar-refractivity contribution in [3.05, 3.63) is 0 Å². The van der Waals surface area contributed by atoms with Crippen molar-refractivity contribution in [1.82, 2.24) is 9.62 Å². The third-order valence-corrected chi connectivity index (χ3v) is 5.46. The summed E-state index contributed by atoms with van der Waals surface area (Å²) in [5.41, 5.74) is 0. The lowest BCUT2D eigenvalue weighted by Crippen LogP contribution is -2.57. The van der Waals surface area contributed by atoms with Gasteiger partial charge in [-0.05, 0) is 45.7 Å². The van der Waals surface area contributed by atoms with E-state index in [4.69, 9.17) is 0 Å². The van der Waals surface area contributed by atoms with Crippen LogP contribution in [0, 0.1) is 5.92 Å². The SMILES string of the molecule is CC(C)S(=O)(=O)NC1CN2CCC1CC2. The minimum absolute atomic E-state index is 0.153. The molecule has 0 aromatic heterocycles. The van der Waals surface area contributed by atoms with Crippen molar-refractivity contribution in [2.75, 3.05) is 19.6 Å². The van der Waals surface area contributed by atoms with Crippen LogP contribution in [0.4, 0.5) is 0 Å². The van der Waals surface area contributed by atoms with Gasteiger partial charge in [-0.15, -0.1) is 0 Å². The fourth-order valence-corrected chi connectivity index (χ4v) is 3.41. The van der Waals surface area contributed by atoms with Crippen LogP contribution < -0.4 is 4.72 Å². The first kappa shape index (κ1) is 11.4. The Morgan fingerprint density at radius 2 is 1.87 bits per heavy atom. The molecule has 4 nitrogen and oxygen atoms in total. The Balaban J connectivity index is 2.01. The Hall–Kier alpha value is -0.130. The molecule has 0 radical (unpaired) electrons. The van der Waals surface area contributed by atoms with E-state index in [0.29, 0.717) is 5.92 Å². The highest BCUT2D eigenvalue weighted by Crippen LogP contribution is 2.28. The number of rotatable bonds is 3. The van der Waals surface area contributed by atoms with E-state index in [1.165, 1.54) is 0 Å². The Morgan fingerprint density at radius 1 is 1.27 bits per heavy atom. The van der Waals surface area contributed by atoms with E-state index in [2.05, 4.69) is 9.62 Å². The van der Waals surface area contributed by atoms with Gasteiger partial charge in [-0.1, -0.05) is 0 Å². The molecule has 3 aliphatic rings. The molecule has 2 bridgehead atoms. The third-order valence-electron chi connectivity index (χ3n) is 3.59. The summed E-state index contributed by atoms with van der Waals surface area (Å²) in [5.74, 6) is 0.559. The van der Waals surface area contributed by atoms with E-state index in [0.717, 1.165) is 32.5 Å². The van der Waals surface area contributed by atoms with Crippen molar-refractivity contribution in [3.63, 3.8) is 0 Å². The van der Waals surface area contributed by atoms with Crippen LogP contribution in [-0.4, -0.2) is 44.2 Å². The molecule has 1 N–H and O–H groups in total. The molecule has 88 valence electrons. The maximum absolute atomic E-state index is 11.7. The standard InChI is InChI=1S/C10H20N2O2S/c1-8(2)15(13,14)11-10-7-12-5-3-9(10)4-6-12/h8-11H,3-7H2,1-2H3. The summed E-state index contributed by atoms with van der Waals surface area (Å²) in [6, 6.07) is 0.153. The zero-order valence-corrected chi connectivity index (χ0v) is 10.3. The summed E-state index contributed by atoms with van der Waals surface area (Å²) >= 11 is 0. The lowest BCUT2D eigenvalue weighted by atomic mass is 9.85. The van der Waals surface area contributed by atoms with Crippen molar-refractivity contribution in [2.24, 2.45) is 5.92 Å². The molecule has 0 aromatic carbocycles. The number of nitrogens with zero attached hydrogens (tertiary/aromatic N) is 1. The Labute approximate surface area is 92.1 Å². The summed E-state index contributed by atoms with van der Waals surface area (Å²) in [4.78, 5) is 2.35. The molecule has 1 atom stereocenters. The van der Waals surface area contributed by atoms with Gasteiger partial charge in [0.25, 0.3) is 0 Å². The van der Waals surface area contributed by atoms with Crippen LogP contribution in [-0.2, 0) is 10.0 Å². The van der Waals surface area contributed by atoms with Crippen LogP contribution in [0.5, 0.6) is 0 Å². The average molecular weight is 232 g/mol. The number of hydrogen-bond acceptors (Lipinski definition) is 3. The molecule has 5 heteroatoms. The largest absolute Gasteiger partial charge is 0.302 e. The van der Waals surface area contributed by atoms with E-state index in [-0.39, 0.29) is 11.3 Å². The number of piperidine rings is 3. The summed E-state index contributed by atoms with van der Waals surface area (Å²) in [5, 5.41) is -0.326. The van der Waals surface area contributed by atoms with E-state index >= 15 is 0 Å². The van der Waals surface area contributed by atoms with E-state index < -0.39 is 10.0 Å². The smallest absolute Gasteiger partial charge is 0.214 e. The van der Waals surface area contributed by atoms with Gasteiger partial charge >= 0.3 is 0 Å². The second-order valence-corrected chi connectivity index (χ2v) is 7.22. The van der Waals surface area contributed by atoms with Gasteiger partial charge in [0.1, 0.15) is 0 Å². The zero-order chi connectivity index (χ0) is 11.1. The van der Waals surface area contributed by atoms with Gasteiger partial charge in [0, 0.05) is 12.6 Å². The third kappa shape index (κ3) is 2.34. The normalized spacial score (nSPS) is 36.1. The average Bonchev–Trinajstić information content (AvgIpc) is 2.18. The first-order valence-electron chi connectivity index (χ1n) is 5.72. The minimum Gasteiger partial charge on any atom is -0.302 e. The monoisotopic (exact) mass is 232 g/mol. The van der Waals surface area contributed by atoms with Crippen molar-refractivity contribution in [3.8, 4) is 0 Å². The first-order chi connectivity index (χ1) is 6.99. The maximum Gasteiger partial charge on any atom is 0.214 e. The van der Waals surface area contributed by atoms with Crippen LogP contribution in [0.3, 0.4) is 0 Å². The number of fused-ring (bicyclic) bond motifs is 3. The Bertz CT molecular complexity index is 318. The van der Waals surface area contributed by atoms with Crippen LogP contribution >= 0.6 is 0 Å². The van der Waals surface area contributed by atoms with Gasteiger partial charge in [0.15, 0.2) is 0 Å². The highest BCUT2D eigenvalue weighted by Gasteiger charge is 2.36. The van der Waals surface area contributed by atoms with Gasteiger partial charge in [-0.2, -0.15) is 0 Å². The van der Waals surface area contributed by atoms with Crippen molar-refractivity contribution < 1.29 is 8.42 Å². The quantitative estimate of drug-likeness (QED) is 0.766. The van der Waals surface area contributed by atoms with Crippen molar-refractivity contribution in [2.45, 2.75) is 38.0 Å². The van der Waals surface area contributed by atoms with E-state index in [9.17, 15) is 8.42 Å². The minimum atomic E-state index is -3.10. The number of hydrogen-bond donors (Lipinski definition) is 1. The molecule has 15 heavy (non-hydrogen) atoms. The van der Waals surface area contributed by atoms with Gasteiger partial charge in [-0.3, -0.25) is 0 Å². The van der Waals surface area contributed by atoms with Crippen LogP contribution in [0.2, 0.25) is 0 Å². The highest BCUT2D eigenvalue weighted by atomic mass is 32.2. The fourth-order valence-electron chi connectivity index (χ4n) is 2.45.